The van der Waals surface area contributed by atoms with Crippen LogP contribution in [0.2, 0.25) is 0 Å². The molecular weight excluding hydrogens is 334 g/mol. The minimum absolute atomic E-state index is 0.0620. The summed E-state index contributed by atoms with van der Waals surface area (Å²) in [5.74, 6) is 0. The minimum Gasteiger partial charge on any atom is -0.376 e. The molecule has 0 aliphatic carbocycles. The van der Waals surface area contributed by atoms with Gasteiger partial charge in [-0.25, -0.2) is 0 Å². The molecule has 1 aliphatic rings. The van der Waals surface area contributed by atoms with Gasteiger partial charge in [0.2, 0.25) is 0 Å². The smallest absolute Gasteiger partial charge is 0.253 e. The molecule has 5 nitrogen and oxygen atoms in total. The Hall–Kier alpha value is -1.92. The van der Waals surface area contributed by atoms with Crippen molar-refractivity contribution < 1.29 is 4.74 Å². The summed E-state index contributed by atoms with van der Waals surface area (Å²) in [6, 6.07) is 8.14. The second kappa shape index (κ2) is 7.97. The van der Waals surface area contributed by atoms with Gasteiger partial charge in [-0.05, 0) is 60.6 Å². The Morgan fingerprint density at radius 3 is 2.96 bits per heavy atom. The number of fused-ring (bicyclic) bond motifs is 1. The number of benzene rings is 1. The van der Waals surface area contributed by atoms with Crippen molar-refractivity contribution in [2.24, 2.45) is 0 Å². The summed E-state index contributed by atoms with van der Waals surface area (Å²) in [5, 5.41) is 4.72. The van der Waals surface area contributed by atoms with Crippen LogP contribution in [0.4, 0.5) is 0 Å². The molecule has 1 fully saturated rings. The second-order valence-corrected chi connectivity index (χ2v) is 6.86. The van der Waals surface area contributed by atoms with Crippen LogP contribution in [0.25, 0.3) is 10.9 Å². The van der Waals surface area contributed by atoms with Crippen molar-refractivity contribution in [2.75, 3.05) is 20.2 Å². The van der Waals surface area contributed by atoms with Gasteiger partial charge in [-0.2, -0.15) is 0 Å². The van der Waals surface area contributed by atoms with Gasteiger partial charge in [0.05, 0.1) is 12.6 Å². The number of hydrogen-bond donors (Lipinski definition) is 2. The summed E-state index contributed by atoms with van der Waals surface area (Å²) in [4.78, 5) is 17.5. The molecule has 3 rings (SSSR count). The summed E-state index contributed by atoms with van der Waals surface area (Å²) >= 11 is 5.44. The summed E-state index contributed by atoms with van der Waals surface area (Å²) in [6.45, 7) is 4.11. The lowest BCUT2D eigenvalue weighted by atomic mass is 10.1. The Balaban J connectivity index is 1.88. The standard InChI is InChI=1S/C19H25N3O2S/c1-3-13-6-7-17-14(9-13)10-15(18(23)21-17)11-22(19(25)20-2)12-16-5-4-8-24-16/h6-7,9-10,16H,3-5,8,11-12H2,1-2H3,(H,20,25)(H,21,23). The number of H-pyrrole nitrogens is 1. The Bertz CT molecular complexity index is 812. The predicted octanol–water partition coefficient (Wildman–Crippen LogP) is 2.58. The fourth-order valence-corrected chi connectivity index (χ4v) is 3.39. The highest BCUT2D eigenvalue weighted by Crippen LogP contribution is 2.17. The zero-order valence-electron chi connectivity index (χ0n) is 14.8. The molecule has 0 spiro atoms. The van der Waals surface area contributed by atoms with Crippen molar-refractivity contribution in [3.63, 3.8) is 0 Å². The van der Waals surface area contributed by atoms with Crippen molar-refractivity contribution in [1.82, 2.24) is 15.2 Å². The van der Waals surface area contributed by atoms with Crippen LogP contribution in [0.5, 0.6) is 0 Å². The monoisotopic (exact) mass is 359 g/mol. The van der Waals surface area contributed by atoms with Crippen molar-refractivity contribution in [3.8, 4) is 0 Å². The van der Waals surface area contributed by atoms with Gasteiger partial charge in [0, 0.05) is 31.3 Å². The number of nitrogens with zero attached hydrogens (tertiary/aromatic N) is 1. The highest BCUT2D eigenvalue weighted by molar-refractivity contribution is 7.80. The van der Waals surface area contributed by atoms with Crippen LogP contribution in [0, 0.1) is 0 Å². The second-order valence-electron chi connectivity index (χ2n) is 6.47. The first kappa shape index (κ1) is 17.9. The van der Waals surface area contributed by atoms with E-state index in [0.29, 0.717) is 18.2 Å². The van der Waals surface area contributed by atoms with E-state index in [4.69, 9.17) is 17.0 Å². The van der Waals surface area contributed by atoms with Crippen LogP contribution in [-0.4, -0.2) is 41.3 Å². The molecule has 1 aromatic carbocycles. The molecule has 0 radical (unpaired) electrons. The average molecular weight is 359 g/mol. The van der Waals surface area contributed by atoms with Gasteiger partial charge < -0.3 is 19.9 Å². The lowest BCUT2D eigenvalue weighted by molar-refractivity contribution is 0.0898. The summed E-state index contributed by atoms with van der Waals surface area (Å²) < 4.78 is 5.73. The van der Waals surface area contributed by atoms with Crippen molar-refractivity contribution in [2.45, 2.75) is 38.8 Å². The van der Waals surface area contributed by atoms with Crippen LogP contribution in [-0.2, 0) is 17.7 Å². The van der Waals surface area contributed by atoms with Crippen LogP contribution in [0.3, 0.4) is 0 Å². The van der Waals surface area contributed by atoms with Crippen molar-refractivity contribution in [1.29, 1.82) is 0 Å². The normalized spacial score (nSPS) is 17.0. The van der Waals surface area contributed by atoms with E-state index >= 15 is 0 Å². The number of aromatic amines is 1. The van der Waals surface area contributed by atoms with E-state index in [1.807, 2.05) is 24.1 Å². The Kier molecular flexibility index (Phi) is 5.71. The van der Waals surface area contributed by atoms with Crippen LogP contribution in [0.15, 0.2) is 29.1 Å². The zero-order chi connectivity index (χ0) is 17.8. The van der Waals surface area contributed by atoms with Gasteiger partial charge in [-0.3, -0.25) is 4.79 Å². The molecule has 1 unspecified atom stereocenters. The highest BCUT2D eigenvalue weighted by atomic mass is 32.1. The van der Waals surface area contributed by atoms with Gasteiger partial charge in [-0.1, -0.05) is 13.0 Å². The lowest BCUT2D eigenvalue weighted by Gasteiger charge is -2.27. The molecule has 2 N–H and O–H groups in total. The highest BCUT2D eigenvalue weighted by Gasteiger charge is 2.21. The first-order valence-corrected chi connectivity index (χ1v) is 9.24. The molecule has 1 aromatic heterocycles. The maximum Gasteiger partial charge on any atom is 0.253 e. The number of thiocarbonyl (C=S) groups is 1. The molecule has 134 valence electrons. The van der Waals surface area contributed by atoms with E-state index < -0.39 is 0 Å². The number of aryl methyl sites for hydroxylation is 1. The third kappa shape index (κ3) is 4.19. The van der Waals surface area contributed by atoms with E-state index in [9.17, 15) is 4.79 Å². The molecule has 1 aliphatic heterocycles. The van der Waals surface area contributed by atoms with Crippen molar-refractivity contribution in [3.05, 3.63) is 45.7 Å². The topological polar surface area (TPSA) is 57.4 Å². The van der Waals surface area contributed by atoms with Gasteiger partial charge >= 0.3 is 0 Å². The molecule has 0 bridgehead atoms. The fraction of sp³-hybridized carbons (Fsp3) is 0.474. The maximum atomic E-state index is 12.5. The molecular formula is C19H25N3O2S. The molecule has 1 atom stereocenters. The molecule has 25 heavy (non-hydrogen) atoms. The molecule has 0 amide bonds. The Morgan fingerprint density at radius 2 is 2.28 bits per heavy atom. The first-order chi connectivity index (χ1) is 12.1. The van der Waals surface area contributed by atoms with Gasteiger partial charge in [0.25, 0.3) is 5.56 Å². The summed E-state index contributed by atoms with van der Waals surface area (Å²) in [7, 11) is 1.81. The number of ether oxygens (including phenoxy) is 1. The maximum absolute atomic E-state index is 12.5. The quantitative estimate of drug-likeness (QED) is 0.804. The van der Waals surface area contributed by atoms with Gasteiger partial charge in [0.15, 0.2) is 5.11 Å². The van der Waals surface area contributed by atoms with E-state index in [1.165, 1.54) is 5.56 Å². The molecule has 0 saturated carbocycles. The number of nitrogens with one attached hydrogen (secondary N) is 2. The minimum atomic E-state index is -0.0620. The van der Waals surface area contributed by atoms with E-state index in [1.54, 1.807) is 0 Å². The Morgan fingerprint density at radius 1 is 1.44 bits per heavy atom. The molecule has 2 aromatic rings. The largest absolute Gasteiger partial charge is 0.376 e. The fourth-order valence-electron chi connectivity index (χ4n) is 3.26. The van der Waals surface area contributed by atoms with Crippen LogP contribution >= 0.6 is 12.2 Å². The number of hydrogen-bond acceptors (Lipinski definition) is 3. The lowest BCUT2D eigenvalue weighted by Crippen LogP contribution is -2.42. The molecule has 2 heterocycles. The summed E-state index contributed by atoms with van der Waals surface area (Å²) in [5.41, 5.74) is 2.78. The molecule has 6 heteroatoms. The van der Waals surface area contributed by atoms with E-state index in [0.717, 1.165) is 42.3 Å². The third-order valence-corrected chi connectivity index (χ3v) is 5.17. The third-order valence-electron chi connectivity index (χ3n) is 4.70. The van der Waals surface area contributed by atoms with Crippen LogP contribution < -0.4 is 10.9 Å². The zero-order valence-corrected chi connectivity index (χ0v) is 15.6. The number of aromatic nitrogens is 1. The summed E-state index contributed by atoms with van der Waals surface area (Å²) in [6.07, 6.45) is 3.27. The average Bonchev–Trinajstić information content (AvgIpc) is 3.13. The van der Waals surface area contributed by atoms with Gasteiger partial charge in [0.1, 0.15) is 0 Å². The Labute approximate surface area is 153 Å². The van der Waals surface area contributed by atoms with E-state index in [2.05, 4.69) is 29.4 Å². The molecule has 1 saturated heterocycles. The van der Waals surface area contributed by atoms with Crippen LogP contribution in [0.1, 0.15) is 30.9 Å². The predicted molar refractivity (Wildman–Crippen MR) is 105 cm³/mol. The van der Waals surface area contributed by atoms with Gasteiger partial charge in [-0.15, -0.1) is 0 Å². The number of rotatable bonds is 5. The van der Waals surface area contributed by atoms with E-state index in [-0.39, 0.29) is 11.7 Å². The number of pyridine rings is 1. The SMILES string of the molecule is CCc1ccc2[nH]c(=O)c(CN(CC3CCCO3)C(=S)NC)cc2c1. The van der Waals surface area contributed by atoms with Crippen molar-refractivity contribution >= 4 is 28.2 Å². The first-order valence-electron chi connectivity index (χ1n) is 8.83.